The molecule has 1 nitrogen and oxygen atoms in total. The van der Waals surface area contributed by atoms with Crippen LogP contribution in [0.4, 0.5) is 0 Å². The minimum absolute atomic E-state index is 0.336. The van der Waals surface area contributed by atoms with Crippen LogP contribution in [0.15, 0.2) is 30.3 Å². The Bertz CT molecular complexity index is 350. The van der Waals surface area contributed by atoms with Gasteiger partial charge in [-0.2, -0.15) is 0 Å². The summed E-state index contributed by atoms with van der Waals surface area (Å²) in [6.45, 7) is 13.9. The lowest BCUT2D eigenvalue weighted by Crippen LogP contribution is -2.36. The van der Waals surface area contributed by atoms with E-state index in [2.05, 4.69) is 77.2 Å². The fourth-order valence-corrected chi connectivity index (χ4v) is 2.41. The molecule has 1 aromatic rings. The van der Waals surface area contributed by atoms with Gasteiger partial charge in [-0.1, -0.05) is 71.4 Å². The van der Waals surface area contributed by atoms with Crippen LogP contribution in [-0.4, -0.2) is 6.04 Å². The highest BCUT2D eigenvalue weighted by molar-refractivity contribution is 5.19. The van der Waals surface area contributed by atoms with E-state index < -0.39 is 0 Å². The topological polar surface area (TPSA) is 12.0 Å². The van der Waals surface area contributed by atoms with Gasteiger partial charge in [0.15, 0.2) is 0 Å². The lowest BCUT2D eigenvalue weighted by atomic mass is 9.84. The van der Waals surface area contributed by atoms with E-state index in [4.69, 9.17) is 0 Å². The first-order valence-electron chi connectivity index (χ1n) is 7.64. The van der Waals surface area contributed by atoms with Gasteiger partial charge in [0.05, 0.1) is 0 Å². The summed E-state index contributed by atoms with van der Waals surface area (Å²) in [7, 11) is 0. The molecule has 0 bridgehead atoms. The number of benzene rings is 1. The van der Waals surface area contributed by atoms with Gasteiger partial charge in [0.25, 0.3) is 0 Å². The average molecular weight is 261 g/mol. The highest BCUT2D eigenvalue weighted by Gasteiger charge is 2.22. The summed E-state index contributed by atoms with van der Waals surface area (Å²) in [4.78, 5) is 0. The molecule has 108 valence electrons. The van der Waals surface area contributed by atoms with Crippen molar-refractivity contribution in [2.45, 2.75) is 66.5 Å². The van der Waals surface area contributed by atoms with Gasteiger partial charge in [-0.25, -0.2) is 0 Å². The summed E-state index contributed by atoms with van der Waals surface area (Å²) < 4.78 is 0. The molecule has 0 saturated carbocycles. The van der Waals surface area contributed by atoms with Crippen molar-refractivity contribution >= 4 is 0 Å². The SMILES string of the molecule is CCC(C)C(C)NC(CC(C)(C)C)c1ccccc1. The second-order valence-corrected chi connectivity index (χ2v) is 7.07. The van der Waals surface area contributed by atoms with Gasteiger partial charge >= 0.3 is 0 Å². The molecule has 19 heavy (non-hydrogen) atoms. The maximum absolute atomic E-state index is 3.84. The quantitative estimate of drug-likeness (QED) is 0.743. The van der Waals surface area contributed by atoms with Crippen LogP contribution in [-0.2, 0) is 0 Å². The molecule has 0 fully saturated rings. The fourth-order valence-electron chi connectivity index (χ4n) is 2.41. The fraction of sp³-hybridized carbons (Fsp3) is 0.667. The van der Waals surface area contributed by atoms with E-state index in [0.29, 0.717) is 23.4 Å². The first-order valence-corrected chi connectivity index (χ1v) is 7.64. The van der Waals surface area contributed by atoms with Crippen molar-refractivity contribution < 1.29 is 0 Å². The molecule has 0 aromatic heterocycles. The molecule has 0 aliphatic carbocycles. The summed E-state index contributed by atoms with van der Waals surface area (Å²) in [5.74, 6) is 0.714. The van der Waals surface area contributed by atoms with Crippen LogP contribution in [0.2, 0.25) is 0 Å². The van der Waals surface area contributed by atoms with Crippen molar-refractivity contribution in [3.63, 3.8) is 0 Å². The smallest absolute Gasteiger partial charge is 0.0327 e. The van der Waals surface area contributed by atoms with Crippen molar-refractivity contribution in [1.82, 2.24) is 5.32 Å². The summed E-state index contributed by atoms with van der Waals surface area (Å²) in [5.41, 5.74) is 1.75. The molecular weight excluding hydrogens is 230 g/mol. The van der Waals surface area contributed by atoms with Gasteiger partial charge in [0.2, 0.25) is 0 Å². The Morgan fingerprint density at radius 2 is 1.63 bits per heavy atom. The van der Waals surface area contributed by atoms with Gasteiger partial charge < -0.3 is 5.32 Å². The Balaban J connectivity index is 2.82. The molecule has 0 spiro atoms. The molecular formula is C18H31N. The largest absolute Gasteiger partial charge is 0.307 e. The third-order valence-electron chi connectivity index (χ3n) is 3.98. The van der Waals surface area contributed by atoms with Gasteiger partial charge in [0, 0.05) is 12.1 Å². The molecule has 0 aliphatic rings. The highest BCUT2D eigenvalue weighted by Crippen LogP contribution is 2.30. The zero-order chi connectivity index (χ0) is 14.5. The molecule has 0 aliphatic heterocycles. The Hall–Kier alpha value is -0.820. The number of rotatable bonds is 6. The van der Waals surface area contributed by atoms with Crippen molar-refractivity contribution in [1.29, 1.82) is 0 Å². The normalized spacial score (nSPS) is 16.9. The monoisotopic (exact) mass is 261 g/mol. The molecule has 3 unspecified atom stereocenters. The highest BCUT2D eigenvalue weighted by atomic mass is 15.0. The Morgan fingerprint density at radius 1 is 1.05 bits per heavy atom. The van der Waals surface area contributed by atoms with Crippen molar-refractivity contribution in [2.24, 2.45) is 11.3 Å². The van der Waals surface area contributed by atoms with Crippen molar-refractivity contribution in [3.8, 4) is 0 Å². The predicted octanol–water partition coefficient (Wildman–Crippen LogP) is 5.19. The first kappa shape index (κ1) is 16.2. The molecule has 1 N–H and O–H groups in total. The number of hydrogen-bond acceptors (Lipinski definition) is 1. The van der Waals surface area contributed by atoms with E-state index in [9.17, 15) is 0 Å². The molecule has 0 amide bonds. The molecule has 0 saturated heterocycles. The Labute approximate surface area is 119 Å². The zero-order valence-corrected chi connectivity index (χ0v) is 13.5. The van der Waals surface area contributed by atoms with E-state index in [1.165, 1.54) is 12.0 Å². The summed E-state index contributed by atoms with van der Waals surface area (Å²) >= 11 is 0. The van der Waals surface area contributed by atoms with Crippen molar-refractivity contribution in [3.05, 3.63) is 35.9 Å². The van der Waals surface area contributed by atoms with Gasteiger partial charge in [-0.05, 0) is 30.2 Å². The summed E-state index contributed by atoms with van der Waals surface area (Å²) in [5, 5.41) is 3.84. The lowest BCUT2D eigenvalue weighted by Gasteiger charge is -2.32. The zero-order valence-electron chi connectivity index (χ0n) is 13.5. The van der Waals surface area contributed by atoms with E-state index in [1.54, 1.807) is 0 Å². The second kappa shape index (κ2) is 7.09. The second-order valence-electron chi connectivity index (χ2n) is 7.07. The van der Waals surface area contributed by atoms with Gasteiger partial charge in [-0.3, -0.25) is 0 Å². The van der Waals surface area contributed by atoms with Crippen LogP contribution in [0, 0.1) is 11.3 Å². The van der Waals surface area contributed by atoms with Crippen LogP contribution in [0.1, 0.15) is 66.0 Å². The maximum atomic E-state index is 3.84. The average Bonchev–Trinajstić information content (AvgIpc) is 2.36. The lowest BCUT2D eigenvalue weighted by molar-refractivity contribution is 0.271. The Morgan fingerprint density at radius 3 is 2.11 bits per heavy atom. The maximum Gasteiger partial charge on any atom is 0.0327 e. The summed E-state index contributed by atoms with van der Waals surface area (Å²) in [6, 6.07) is 11.9. The standard InChI is InChI=1S/C18H31N/c1-7-14(2)15(3)19-17(13-18(4,5)6)16-11-9-8-10-12-16/h8-12,14-15,17,19H,7,13H2,1-6H3. The molecule has 0 heterocycles. The summed E-state index contributed by atoms with van der Waals surface area (Å²) in [6.07, 6.45) is 2.39. The van der Waals surface area contributed by atoms with Crippen LogP contribution >= 0.6 is 0 Å². The van der Waals surface area contributed by atoms with Crippen molar-refractivity contribution in [2.75, 3.05) is 0 Å². The predicted molar refractivity (Wildman–Crippen MR) is 85.3 cm³/mol. The van der Waals surface area contributed by atoms with E-state index >= 15 is 0 Å². The molecule has 1 rings (SSSR count). The molecule has 1 aromatic carbocycles. The van der Waals surface area contributed by atoms with E-state index in [0.717, 1.165) is 6.42 Å². The minimum atomic E-state index is 0.336. The first-order chi connectivity index (χ1) is 8.83. The number of nitrogens with one attached hydrogen (secondary N) is 1. The van der Waals surface area contributed by atoms with Gasteiger partial charge in [-0.15, -0.1) is 0 Å². The number of hydrogen-bond donors (Lipinski definition) is 1. The van der Waals surface area contributed by atoms with Crippen LogP contribution in [0.5, 0.6) is 0 Å². The Kier molecular flexibility index (Phi) is 6.06. The minimum Gasteiger partial charge on any atom is -0.307 e. The van der Waals surface area contributed by atoms with Gasteiger partial charge in [0.1, 0.15) is 0 Å². The van der Waals surface area contributed by atoms with Crippen LogP contribution < -0.4 is 5.32 Å². The van der Waals surface area contributed by atoms with E-state index in [1.807, 2.05) is 0 Å². The molecule has 3 atom stereocenters. The van der Waals surface area contributed by atoms with Crippen LogP contribution in [0.25, 0.3) is 0 Å². The molecule has 0 radical (unpaired) electrons. The third-order valence-corrected chi connectivity index (χ3v) is 3.98. The molecule has 1 heteroatoms. The van der Waals surface area contributed by atoms with E-state index in [-0.39, 0.29) is 0 Å². The van der Waals surface area contributed by atoms with Crippen LogP contribution in [0.3, 0.4) is 0 Å². The third kappa shape index (κ3) is 5.78.